The molecule has 1 nitrogen and oxygen atoms in total. The van der Waals surface area contributed by atoms with Crippen LogP contribution in [-0.2, 0) is 0 Å². The van der Waals surface area contributed by atoms with Crippen LogP contribution in [-0.4, -0.2) is 6.54 Å². The quantitative estimate of drug-likeness (QED) is 0.786. The zero-order valence-electron chi connectivity index (χ0n) is 10.2. The van der Waals surface area contributed by atoms with Crippen LogP contribution in [0.4, 0.5) is 0 Å². The first-order valence-corrected chi connectivity index (χ1v) is 6.93. The van der Waals surface area contributed by atoms with Crippen LogP contribution in [0.15, 0.2) is 22.7 Å². The molecule has 0 spiro atoms. The molecule has 17 heavy (non-hydrogen) atoms. The van der Waals surface area contributed by atoms with Gasteiger partial charge in [-0.05, 0) is 43.7 Å². The number of benzene rings is 1. The van der Waals surface area contributed by atoms with Crippen molar-refractivity contribution in [1.29, 1.82) is 0 Å². The van der Waals surface area contributed by atoms with Crippen LogP contribution < -0.4 is 5.32 Å². The van der Waals surface area contributed by atoms with Gasteiger partial charge in [-0.3, -0.25) is 0 Å². The van der Waals surface area contributed by atoms with E-state index in [1.165, 1.54) is 5.56 Å². The molecule has 0 heterocycles. The highest BCUT2D eigenvalue weighted by Crippen LogP contribution is 2.26. The molecule has 0 aliphatic heterocycles. The lowest BCUT2D eigenvalue weighted by molar-refractivity contribution is 0.522. The van der Waals surface area contributed by atoms with E-state index in [9.17, 15) is 0 Å². The second-order valence-corrected chi connectivity index (χ2v) is 5.13. The summed E-state index contributed by atoms with van der Waals surface area (Å²) in [7, 11) is 0. The predicted octanol–water partition coefficient (Wildman–Crippen LogP) is 4.56. The summed E-state index contributed by atoms with van der Waals surface area (Å²) >= 11 is 9.54. The molecule has 1 rings (SSSR count). The average molecular weight is 315 g/mol. The Morgan fingerprint density at radius 1 is 1.41 bits per heavy atom. The molecule has 0 saturated carbocycles. The first kappa shape index (κ1) is 14.6. The van der Waals surface area contributed by atoms with Crippen LogP contribution in [0.1, 0.15) is 38.3 Å². The fourth-order valence-corrected chi connectivity index (χ4v) is 2.64. The van der Waals surface area contributed by atoms with Gasteiger partial charge in [0, 0.05) is 22.0 Å². The standard InChI is InChI=1S/C14H17BrClN/c1-3-5-6-7-14(17-4-2)11-8-12(15)10-13(16)9-11/h8-10,14,17H,4,6-7H2,1-2H3. The lowest BCUT2D eigenvalue weighted by atomic mass is 10.0. The molecule has 0 aliphatic carbocycles. The van der Waals surface area contributed by atoms with Crippen molar-refractivity contribution in [3.8, 4) is 11.8 Å². The van der Waals surface area contributed by atoms with E-state index >= 15 is 0 Å². The highest BCUT2D eigenvalue weighted by Gasteiger charge is 2.10. The predicted molar refractivity (Wildman–Crippen MR) is 78.3 cm³/mol. The van der Waals surface area contributed by atoms with E-state index in [1.54, 1.807) is 0 Å². The normalized spacial score (nSPS) is 11.8. The van der Waals surface area contributed by atoms with Gasteiger partial charge in [-0.2, -0.15) is 0 Å². The molecule has 3 heteroatoms. The minimum Gasteiger partial charge on any atom is -0.310 e. The van der Waals surface area contributed by atoms with Crippen molar-refractivity contribution >= 4 is 27.5 Å². The van der Waals surface area contributed by atoms with Crippen molar-refractivity contribution in [2.45, 2.75) is 32.7 Å². The smallest absolute Gasteiger partial charge is 0.0420 e. The van der Waals surface area contributed by atoms with Gasteiger partial charge in [0.1, 0.15) is 0 Å². The fourth-order valence-electron chi connectivity index (χ4n) is 1.75. The number of nitrogens with one attached hydrogen (secondary N) is 1. The van der Waals surface area contributed by atoms with Gasteiger partial charge in [0.25, 0.3) is 0 Å². The Morgan fingerprint density at radius 2 is 2.18 bits per heavy atom. The molecule has 0 saturated heterocycles. The molecule has 1 aromatic rings. The molecule has 1 unspecified atom stereocenters. The van der Waals surface area contributed by atoms with Crippen LogP contribution in [0.3, 0.4) is 0 Å². The van der Waals surface area contributed by atoms with Crippen LogP contribution in [0.5, 0.6) is 0 Å². The zero-order chi connectivity index (χ0) is 12.7. The fraction of sp³-hybridized carbons (Fsp3) is 0.429. The summed E-state index contributed by atoms with van der Waals surface area (Å²) in [5.74, 6) is 6.03. The largest absolute Gasteiger partial charge is 0.310 e. The molecular formula is C14H17BrClN. The third-order valence-electron chi connectivity index (χ3n) is 2.47. The maximum atomic E-state index is 6.07. The molecule has 0 bridgehead atoms. The summed E-state index contributed by atoms with van der Waals surface area (Å²) in [5, 5.41) is 4.23. The van der Waals surface area contributed by atoms with Gasteiger partial charge in [-0.1, -0.05) is 34.5 Å². The van der Waals surface area contributed by atoms with Gasteiger partial charge < -0.3 is 5.32 Å². The molecule has 0 aromatic heterocycles. The Balaban J connectivity index is 2.82. The third-order valence-corrected chi connectivity index (χ3v) is 3.15. The Labute approximate surface area is 117 Å². The van der Waals surface area contributed by atoms with Gasteiger partial charge in [0.05, 0.1) is 0 Å². The van der Waals surface area contributed by atoms with Crippen LogP contribution in [0, 0.1) is 11.8 Å². The summed E-state index contributed by atoms with van der Waals surface area (Å²) in [6, 6.07) is 6.34. The lowest BCUT2D eigenvalue weighted by Gasteiger charge is -2.18. The molecule has 1 N–H and O–H groups in total. The second kappa shape index (κ2) is 7.76. The van der Waals surface area contributed by atoms with E-state index in [-0.39, 0.29) is 0 Å². The minimum absolute atomic E-state index is 0.316. The zero-order valence-corrected chi connectivity index (χ0v) is 12.5. The summed E-state index contributed by atoms with van der Waals surface area (Å²) < 4.78 is 1.02. The van der Waals surface area contributed by atoms with Gasteiger partial charge in [0.2, 0.25) is 0 Å². The topological polar surface area (TPSA) is 12.0 Å². The molecule has 0 aliphatic rings. The van der Waals surface area contributed by atoms with Gasteiger partial charge in [0.15, 0.2) is 0 Å². The van der Waals surface area contributed by atoms with E-state index in [0.29, 0.717) is 6.04 Å². The maximum absolute atomic E-state index is 6.07. The van der Waals surface area contributed by atoms with E-state index < -0.39 is 0 Å². The van der Waals surface area contributed by atoms with Crippen LogP contribution in [0.2, 0.25) is 5.02 Å². The summed E-state index contributed by atoms with van der Waals surface area (Å²) in [6.07, 6.45) is 1.90. The summed E-state index contributed by atoms with van der Waals surface area (Å²) in [5.41, 5.74) is 1.21. The average Bonchev–Trinajstić information content (AvgIpc) is 2.27. The number of hydrogen-bond donors (Lipinski definition) is 1. The van der Waals surface area contributed by atoms with Crippen LogP contribution >= 0.6 is 27.5 Å². The van der Waals surface area contributed by atoms with Crippen molar-refractivity contribution in [3.05, 3.63) is 33.3 Å². The van der Waals surface area contributed by atoms with Crippen molar-refractivity contribution in [3.63, 3.8) is 0 Å². The molecule has 1 aromatic carbocycles. The van der Waals surface area contributed by atoms with Gasteiger partial charge in [-0.25, -0.2) is 0 Å². The first-order valence-electron chi connectivity index (χ1n) is 5.76. The van der Waals surface area contributed by atoms with Crippen LogP contribution in [0.25, 0.3) is 0 Å². The van der Waals surface area contributed by atoms with Crippen molar-refractivity contribution in [1.82, 2.24) is 5.32 Å². The summed E-state index contributed by atoms with van der Waals surface area (Å²) in [4.78, 5) is 0. The number of halogens is 2. The van der Waals surface area contributed by atoms with E-state index in [0.717, 1.165) is 28.9 Å². The number of rotatable bonds is 5. The van der Waals surface area contributed by atoms with Crippen molar-refractivity contribution in [2.24, 2.45) is 0 Å². The van der Waals surface area contributed by atoms with E-state index in [1.807, 2.05) is 19.1 Å². The minimum atomic E-state index is 0.316. The monoisotopic (exact) mass is 313 g/mol. The Hall–Kier alpha value is -0.490. The Morgan fingerprint density at radius 3 is 2.76 bits per heavy atom. The third kappa shape index (κ3) is 5.12. The van der Waals surface area contributed by atoms with Gasteiger partial charge >= 0.3 is 0 Å². The molecule has 1 atom stereocenters. The second-order valence-electron chi connectivity index (χ2n) is 3.78. The highest BCUT2D eigenvalue weighted by molar-refractivity contribution is 9.10. The molecular weight excluding hydrogens is 298 g/mol. The maximum Gasteiger partial charge on any atom is 0.0420 e. The van der Waals surface area contributed by atoms with Crippen molar-refractivity contribution in [2.75, 3.05) is 6.54 Å². The molecule has 0 amide bonds. The summed E-state index contributed by atoms with van der Waals surface area (Å²) in [6.45, 7) is 4.92. The van der Waals surface area contributed by atoms with Gasteiger partial charge in [-0.15, -0.1) is 11.8 Å². The van der Waals surface area contributed by atoms with E-state index in [4.69, 9.17) is 11.6 Å². The van der Waals surface area contributed by atoms with E-state index in [2.05, 4.69) is 46.1 Å². The Kier molecular flexibility index (Phi) is 6.65. The number of hydrogen-bond acceptors (Lipinski definition) is 1. The lowest BCUT2D eigenvalue weighted by Crippen LogP contribution is -2.20. The molecule has 0 radical (unpaired) electrons. The SMILES string of the molecule is CC#CCCC(NCC)c1cc(Cl)cc(Br)c1. The highest BCUT2D eigenvalue weighted by atomic mass is 79.9. The molecule has 0 fully saturated rings. The van der Waals surface area contributed by atoms with Crippen molar-refractivity contribution < 1.29 is 0 Å². The molecule has 92 valence electrons. The first-order chi connectivity index (χ1) is 8.17. The Bertz CT molecular complexity index is 400.